The number of hydrogen-bond acceptors (Lipinski definition) is 2. The Kier molecular flexibility index (Phi) is 5.01. The standard InChI is InChI=1S/C15H18INO3/c1-2-9-7-12(13(8-9)15(19)20)14(18)17-11-5-3-10(16)4-6-11/h3-6,9,12-13H,2,7-8H2,1H3,(H,17,18)(H,19,20)/t9?,12-,13+/m0/s1. The molecule has 1 aromatic carbocycles. The van der Waals surface area contributed by atoms with E-state index in [0.29, 0.717) is 18.8 Å². The zero-order valence-corrected chi connectivity index (χ0v) is 13.5. The summed E-state index contributed by atoms with van der Waals surface area (Å²) in [6.45, 7) is 2.04. The average Bonchev–Trinajstić information content (AvgIpc) is 2.86. The van der Waals surface area contributed by atoms with Gasteiger partial charge in [0, 0.05) is 9.26 Å². The summed E-state index contributed by atoms with van der Waals surface area (Å²) in [4.78, 5) is 23.6. The molecule has 0 saturated heterocycles. The molecule has 20 heavy (non-hydrogen) atoms. The van der Waals surface area contributed by atoms with E-state index < -0.39 is 17.8 Å². The highest BCUT2D eigenvalue weighted by molar-refractivity contribution is 14.1. The molecule has 1 saturated carbocycles. The van der Waals surface area contributed by atoms with Gasteiger partial charge in [-0.3, -0.25) is 9.59 Å². The van der Waals surface area contributed by atoms with Crippen molar-refractivity contribution in [3.05, 3.63) is 27.8 Å². The molecule has 108 valence electrons. The van der Waals surface area contributed by atoms with Gasteiger partial charge in [0.1, 0.15) is 0 Å². The van der Waals surface area contributed by atoms with Gasteiger partial charge in [-0.2, -0.15) is 0 Å². The van der Waals surface area contributed by atoms with Crippen LogP contribution in [0.5, 0.6) is 0 Å². The van der Waals surface area contributed by atoms with Crippen LogP contribution in [-0.2, 0) is 9.59 Å². The Bertz CT molecular complexity index is 500. The van der Waals surface area contributed by atoms with Crippen molar-refractivity contribution in [2.24, 2.45) is 17.8 Å². The summed E-state index contributed by atoms with van der Waals surface area (Å²) >= 11 is 2.20. The van der Waals surface area contributed by atoms with Crippen LogP contribution in [0, 0.1) is 21.3 Å². The summed E-state index contributed by atoms with van der Waals surface area (Å²) in [6.07, 6.45) is 2.21. The number of carbonyl (C=O) groups excluding carboxylic acids is 1. The number of rotatable bonds is 4. The molecule has 0 spiro atoms. The van der Waals surface area contributed by atoms with Crippen LogP contribution < -0.4 is 5.32 Å². The largest absolute Gasteiger partial charge is 0.481 e. The fourth-order valence-electron chi connectivity index (χ4n) is 2.81. The molecule has 1 unspecified atom stereocenters. The highest BCUT2D eigenvalue weighted by Gasteiger charge is 2.42. The predicted molar refractivity (Wildman–Crippen MR) is 85.4 cm³/mol. The molecule has 0 bridgehead atoms. The maximum atomic E-state index is 12.3. The van der Waals surface area contributed by atoms with E-state index in [0.717, 1.165) is 15.7 Å². The summed E-state index contributed by atoms with van der Waals surface area (Å²) in [7, 11) is 0. The lowest BCUT2D eigenvalue weighted by Crippen LogP contribution is -2.29. The molecule has 4 nitrogen and oxygen atoms in total. The van der Waals surface area contributed by atoms with Crippen LogP contribution in [-0.4, -0.2) is 17.0 Å². The van der Waals surface area contributed by atoms with Crippen molar-refractivity contribution in [3.8, 4) is 0 Å². The fourth-order valence-corrected chi connectivity index (χ4v) is 3.17. The average molecular weight is 387 g/mol. The first kappa shape index (κ1) is 15.3. The molecule has 1 aliphatic carbocycles. The second kappa shape index (κ2) is 6.56. The number of amides is 1. The van der Waals surface area contributed by atoms with Gasteiger partial charge in [-0.1, -0.05) is 13.3 Å². The summed E-state index contributed by atoms with van der Waals surface area (Å²) in [5, 5.41) is 12.1. The lowest BCUT2D eigenvalue weighted by atomic mass is 9.95. The maximum Gasteiger partial charge on any atom is 0.307 e. The molecule has 0 aromatic heterocycles. The van der Waals surface area contributed by atoms with Gasteiger partial charge in [0.25, 0.3) is 0 Å². The second-order valence-corrected chi connectivity index (χ2v) is 6.54. The summed E-state index contributed by atoms with van der Waals surface area (Å²) < 4.78 is 1.09. The molecule has 0 radical (unpaired) electrons. The summed E-state index contributed by atoms with van der Waals surface area (Å²) in [6, 6.07) is 7.49. The minimum atomic E-state index is -0.858. The Morgan fingerprint density at radius 2 is 1.85 bits per heavy atom. The number of aliphatic carboxylic acids is 1. The Balaban J connectivity index is 2.07. The van der Waals surface area contributed by atoms with Crippen LogP contribution in [0.25, 0.3) is 0 Å². The van der Waals surface area contributed by atoms with Crippen LogP contribution in [0.1, 0.15) is 26.2 Å². The van der Waals surface area contributed by atoms with Crippen molar-refractivity contribution in [3.63, 3.8) is 0 Å². The zero-order valence-electron chi connectivity index (χ0n) is 11.3. The second-order valence-electron chi connectivity index (χ2n) is 5.29. The first-order chi connectivity index (χ1) is 9.51. The molecule has 5 heteroatoms. The number of carbonyl (C=O) groups is 2. The van der Waals surface area contributed by atoms with Crippen LogP contribution >= 0.6 is 22.6 Å². The number of halogens is 1. The summed E-state index contributed by atoms with van der Waals surface area (Å²) in [5.74, 6) is -1.66. The van der Waals surface area contributed by atoms with Gasteiger partial charge in [0.15, 0.2) is 0 Å². The third-order valence-electron chi connectivity index (χ3n) is 4.00. The monoisotopic (exact) mass is 387 g/mol. The number of benzene rings is 1. The van der Waals surface area contributed by atoms with E-state index in [-0.39, 0.29) is 5.91 Å². The SMILES string of the molecule is CCC1C[C@H](C(=O)Nc2ccc(I)cc2)[C@H](C(=O)O)C1. The molecule has 1 aromatic rings. The van der Waals surface area contributed by atoms with Crippen molar-refractivity contribution in [1.82, 2.24) is 0 Å². The molecular formula is C15H18INO3. The molecule has 0 aliphatic heterocycles. The van der Waals surface area contributed by atoms with Crippen LogP contribution in [0.2, 0.25) is 0 Å². The normalized spacial score (nSPS) is 25.4. The van der Waals surface area contributed by atoms with E-state index in [1.54, 1.807) is 0 Å². The van der Waals surface area contributed by atoms with Crippen molar-refractivity contribution < 1.29 is 14.7 Å². The molecule has 1 amide bonds. The van der Waals surface area contributed by atoms with E-state index >= 15 is 0 Å². The van der Waals surface area contributed by atoms with E-state index in [1.807, 2.05) is 31.2 Å². The highest BCUT2D eigenvalue weighted by atomic mass is 127. The van der Waals surface area contributed by atoms with Crippen molar-refractivity contribution in [1.29, 1.82) is 0 Å². The lowest BCUT2D eigenvalue weighted by Gasteiger charge is -2.15. The molecule has 1 fully saturated rings. The van der Waals surface area contributed by atoms with Gasteiger partial charge in [0.05, 0.1) is 11.8 Å². The quantitative estimate of drug-likeness (QED) is 0.779. The maximum absolute atomic E-state index is 12.3. The van der Waals surface area contributed by atoms with Gasteiger partial charge >= 0.3 is 5.97 Å². The molecular weight excluding hydrogens is 369 g/mol. The molecule has 2 N–H and O–H groups in total. The Hall–Kier alpha value is -1.11. The van der Waals surface area contributed by atoms with Crippen LogP contribution in [0.3, 0.4) is 0 Å². The number of hydrogen-bond donors (Lipinski definition) is 2. The van der Waals surface area contributed by atoms with Crippen molar-refractivity contribution >= 4 is 40.2 Å². The van der Waals surface area contributed by atoms with Gasteiger partial charge in [-0.25, -0.2) is 0 Å². The molecule has 1 aliphatic rings. The van der Waals surface area contributed by atoms with Gasteiger partial charge in [0.2, 0.25) is 5.91 Å². The Morgan fingerprint density at radius 3 is 2.40 bits per heavy atom. The number of nitrogens with one attached hydrogen (secondary N) is 1. The van der Waals surface area contributed by atoms with Crippen LogP contribution in [0.4, 0.5) is 5.69 Å². The van der Waals surface area contributed by atoms with E-state index in [4.69, 9.17) is 0 Å². The smallest absolute Gasteiger partial charge is 0.307 e. The van der Waals surface area contributed by atoms with Gasteiger partial charge < -0.3 is 10.4 Å². The van der Waals surface area contributed by atoms with E-state index in [1.165, 1.54) is 0 Å². The number of carboxylic acids is 1. The van der Waals surface area contributed by atoms with Crippen molar-refractivity contribution in [2.45, 2.75) is 26.2 Å². The topological polar surface area (TPSA) is 66.4 Å². The number of anilines is 1. The first-order valence-electron chi connectivity index (χ1n) is 6.80. The Labute approximate surface area is 132 Å². The molecule has 0 heterocycles. The lowest BCUT2D eigenvalue weighted by molar-refractivity contribution is -0.145. The fraction of sp³-hybridized carbons (Fsp3) is 0.467. The molecule has 2 rings (SSSR count). The first-order valence-corrected chi connectivity index (χ1v) is 7.88. The number of carboxylic acid groups (broad SMARTS) is 1. The van der Waals surface area contributed by atoms with E-state index in [2.05, 4.69) is 27.9 Å². The third-order valence-corrected chi connectivity index (χ3v) is 4.72. The predicted octanol–water partition coefficient (Wildman–Crippen LogP) is 3.37. The minimum absolute atomic E-state index is 0.172. The van der Waals surface area contributed by atoms with Crippen molar-refractivity contribution in [2.75, 3.05) is 5.32 Å². The van der Waals surface area contributed by atoms with Gasteiger partial charge in [-0.15, -0.1) is 0 Å². The zero-order chi connectivity index (χ0) is 14.7. The highest BCUT2D eigenvalue weighted by Crippen LogP contribution is 2.39. The van der Waals surface area contributed by atoms with Gasteiger partial charge in [-0.05, 0) is 65.6 Å². The third kappa shape index (κ3) is 3.50. The Morgan fingerprint density at radius 1 is 1.25 bits per heavy atom. The molecule has 3 atom stereocenters. The van der Waals surface area contributed by atoms with Crippen LogP contribution in [0.15, 0.2) is 24.3 Å². The van der Waals surface area contributed by atoms with E-state index in [9.17, 15) is 14.7 Å². The summed E-state index contributed by atoms with van der Waals surface area (Å²) in [5.41, 5.74) is 0.722. The minimum Gasteiger partial charge on any atom is -0.481 e.